The largest absolute Gasteiger partial charge is 0.353 e. The molecule has 1 amide bonds. The van der Waals surface area contributed by atoms with Crippen LogP contribution in [0.3, 0.4) is 0 Å². The molecule has 0 radical (unpaired) electrons. The molecular formula is C12H23NO. The van der Waals surface area contributed by atoms with Gasteiger partial charge in [-0.15, -0.1) is 0 Å². The molecule has 1 atom stereocenters. The molecule has 14 heavy (non-hydrogen) atoms. The Morgan fingerprint density at radius 3 is 2.43 bits per heavy atom. The van der Waals surface area contributed by atoms with Gasteiger partial charge in [0.25, 0.3) is 0 Å². The normalized spacial score (nSPS) is 29.6. The quantitative estimate of drug-likeness (QED) is 0.740. The number of amides is 1. The van der Waals surface area contributed by atoms with Crippen molar-refractivity contribution in [1.82, 2.24) is 5.32 Å². The number of hydrogen-bond donors (Lipinski definition) is 1. The lowest BCUT2D eigenvalue weighted by molar-refractivity contribution is -0.126. The fraction of sp³-hybridized carbons (Fsp3) is 0.917. The lowest BCUT2D eigenvalue weighted by Crippen LogP contribution is -2.38. The first-order chi connectivity index (χ1) is 6.63. The molecule has 1 aliphatic rings. The van der Waals surface area contributed by atoms with Crippen LogP contribution in [0, 0.1) is 11.8 Å². The minimum Gasteiger partial charge on any atom is -0.353 e. The van der Waals surface area contributed by atoms with E-state index in [1.54, 1.807) is 0 Å². The molecule has 0 unspecified atom stereocenters. The average molecular weight is 197 g/mol. The fourth-order valence-corrected chi connectivity index (χ4v) is 1.99. The first-order valence-electron chi connectivity index (χ1n) is 5.93. The van der Waals surface area contributed by atoms with Crippen LogP contribution in [-0.2, 0) is 4.79 Å². The zero-order chi connectivity index (χ0) is 10.6. The molecule has 2 heteroatoms. The topological polar surface area (TPSA) is 29.1 Å². The molecule has 0 bridgehead atoms. The summed E-state index contributed by atoms with van der Waals surface area (Å²) < 4.78 is 0. The van der Waals surface area contributed by atoms with E-state index in [0.717, 1.165) is 25.2 Å². The molecule has 1 rings (SSSR count). The van der Waals surface area contributed by atoms with Crippen molar-refractivity contribution < 1.29 is 4.79 Å². The van der Waals surface area contributed by atoms with E-state index < -0.39 is 0 Å². The molecule has 0 aromatic rings. The summed E-state index contributed by atoms with van der Waals surface area (Å²) in [6.07, 6.45) is 5.64. The van der Waals surface area contributed by atoms with E-state index in [1.807, 2.05) is 0 Å². The third-order valence-corrected chi connectivity index (χ3v) is 3.39. The smallest absolute Gasteiger partial charge is 0.223 e. The molecule has 0 aromatic heterocycles. The van der Waals surface area contributed by atoms with Crippen molar-refractivity contribution in [2.24, 2.45) is 11.8 Å². The predicted molar refractivity (Wildman–Crippen MR) is 59.0 cm³/mol. The summed E-state index contributed by atoms with van der Waals surface area (Å²) in [5, 5.41) is 3.08. The highest BCUT2D eigenvalue weighted by atomic mass is 16.1. The number of carbonyl (C=O) groups is 1. The number of carbonyl (C=O) groups excluding carboxylic acids is 1. The Labute approximate surface area is 87.5 Å². The second-order valence-electron chi connectivity index (χ2n) is 4.77. The first kappa shape index (κ1) is 11.5. The molecule has 1 fully saturated rings. The summed E-state index contributed by atoms with van der Waals surface area (Å²) in [7, 11) is 0. The van der Waals surface area contributed by atoms with Gasteiger partial charge in [0.15, 0.2) is 0 Å². The van der Waals surface area contributed by atoms with E-state index in [1.165, 1.54) is 12.8 Å². The molecule has 2 nitrogen and oxygen atoms in total. The molecule has 0 saturated heterocycles. The summed E-state index contributed by atoms with van der Waals surface area (Å²) in [4.78, 5) is 11.8. The third kappa shape index (κ3) is 3.32. The van der Waals surface area contributed by atoms with Crippen molar-refractivity contribution in [1.29, 1.82) is 0 Å². The fourth-order valence-electron chi connectivity index (χ4n) is 1.99. The Morgan fingerprint density at radius 2 is 1.93 bits per heavy atom. The summed E-state index contributed by atoms with van der Waals surface area (Å²) >= 11 is 0. The van der Waals surface area contributed by atoms with Gasteiger partial charge in [-0.25, -0.2) is 0 Å². The van der Waals surface area contributed by atoms with Gasteiger partial charge < -0.3 is 5.32 Å². The van der Waals surface area contributed by atoms with E-state index in [0.29, 0.717) is 12.0 Å². The highest BCUT2D eigenvalue weighted by molar-refractivity contribution is 5.78. The van der Waals surface area contributed by atoms with Gasteiger partial charge in [0.1, 0.15) is 0 Å². The van der Waals surface area contributed by atoms with Crippen LogP contribution in [-0.4, -0.2) is 11.9 Å². The van der Waals surface area contributed by atoms with E-state index in [2.05, 4.69) is 26.1 Å². The van der Waals surface area contributed by atoms with Gasteiger partial charge in [-0.2, -0.15) is 0 Å². The van der Waals surface area contributed by atoms with E-state index in [9.17, 15) is 4.79 Å². The maximum absolute atomic E-state index is 11.8. The van der Waals surface area contributed by atoms with Gasteiger partial charge in [-0.05, 0) is 44.9 Å². The molecule has 0 aromatic carbocycles. The second-order valence-corrected chi connectivity index (χ2v) is 4.77. The Morgan fingerprint density at radius 1 is 1.36 bits per heavy atom. The van der Waals surface area contributed by atoms with Crippen molar-refractivity contribution in [3.05, 3.63) is 0 Å². The standard InChI is InChI=1S/C12H23NO/c1-4-10(3)13-12(14)11-7-5-9(2)6-8-11/h9-11H,4-8H2,1-3H3,(H,13,14)/t9-,10-,11+/m1/s1. The Balaban J connectivity index is 2.30. The third-order valence-electron chi connectivity index (χ3n) is 3.39. The van der Waals surface area contributed by atoms with Crippen molar-refractivity contribution in [3.63, 3.8) is 0 Å². The lowest BCUT2D eigenvalue weighted by Gasteiger charge is -2.26. The highest BCUT2D eigenvalue weighted by Crippen LogP contribution is 2.28. The van der Waals surface area contributed by atoms with Crippen LogP contribution in [0.2, 0.25) is 0 Å². The van der Waals surface area contributed by atoms with Crippen LogP contribution in [0.4, 0.5) is 0 Å². The van der Waals surface area contributed by atoms with Gasteiger partial charge in [-0.3, -0.25) is 4.79 Å². The molecule has 0 spiro atoms. The van der Waals surface area contributed by atoms with Crippen LogP contribution in [0.1, 0.15) is 52.9 Å². The average Bonchev–Trinajstić information content (AvgIpc) is 2.18. The zero-order valence-electron chi connectivity index (χ0n) is 9.68. The van der Waals surface area contributed by atoms with Crippen LogP contribution in [0.15, 0.2) is 0 Å². The molecule has 1 N–H and O–H groups in total. The maximum atomic E-state index is 11.8. The minimum absolute atomic E-state index is 0.284. The lowest BCUT2D eigenvalue weighted by atomic mass is 9.82. The Hall–Kier alpha value is -0.530. The SMILES string of the molecule is CC[C@@H](C)NC(=O)[C@H]1CC[C@@H](C)CC1. The summed E-state index contributed by atoms with van der Waals surface area (Å²) in [6, 6.07) is 0.335. The van der Waals surface area contributed by atoms with Crippen molar-refractivity contribution >= 4 is 5.91 Å². The number of nitrogens with one attached hydrogen (secondary N) is 1. The predicted octanol–water partition coefficient (Wildman–Crippen LogP) is 2.73. The van der Waals surface area contributed by atoms with Crippen molar-refractivity contribution in [2.75, 3.05) is 0 Å². The first-order valence-corrected chi connectivity index (χ1v) is 5.93. The monoisotopic (exact) mass is 197 g/mol. The maximum Gasteiger partial charge on any atom is 0.223 e. The minimum atomic E-state index is 0.284. The zero-order valence-corrected chi connectivity index (χ0v) is 9.68. The molecule has 1 aliphatic carbocycles. The van der Waals surface area contributed by atoms with Crippen molar-refractivity contribution in [2.45, 2.75) is 58.9 Å². The van der Waals surface area contributed by atoms with E-state index in [4.69, 9.17) is 0 Å². The highest BCUT2D eigenvalue weighted by Gasteiger charge is 2.24. The number of hydrogen-bond acceptors (Lipinski definition) is 1. The van der Waals surface area contributed by atoms with Crippen molar-refractivity contribution in [3.8, 4) is 0 Å². The molecule has 1 saturated carbocycles. The van der Waals surface area contributed by atoms with Crippen LogP contribution in [0.25, 0.3) is 0 Å². The van der Waals surface area contributed by atoms with Crippen LogP contribution < -0.4 is 5.32 Å². The van der Waals surface area contributed by atoms with Gasteiger partial charge in [0.2, 0.25) is 5.91 Å². The molecular weight excluding hydrogens is 174 g/mol. The Kier molecular flexibility index (Phi) is 4.43. The number of rotatable bonds is 3. The Bertz CT molecular complexity index is 183. The van der Waals surface area contributed by atoms with Gasteiger partial charge >= 0.3 is 0 Å². The summed E-state index contributed by atoms with van der Waals surface area (Å²) in [5.74, 6) is 1.40. The summed E-state index contributed by atoms with van der Waals surface area (Å²) in [5.41, 5.74) is 0. The van der Waals surface area contributed by atoms with E-state index >= 15 is 0 Å². The van der Waals surface area contributed by atoms with E-state index in [-0.39, 0.29) is 5.91 Å². The molecule has 0 heterocycles. The van der Waals surface area contributed by atoms with Crippen LogP contribution in [0.5, 0.6) is 0 Å². The summed E-state index contributed by atoms with van der Waals surface area (Å²) in [6.45, 7) is 6.46. The van der Waals surface area contributed by atoms with Gasteiger partial charge in [0.05, 0.1) is 0 Å². The molecule has 0 aliphatic heterocycles. The molecule has 82 valence electrons. The second kappa shape index (κ2) is 5.38. The van der Waals surface area contributed by atoms with Gasteiger partial charge in [-0.1, -0.05) is 13.8 Å². The van der Waals surface area contributed by atoms with Crippen LogP contribution >= 0.6 is 0 Å². The van der Waals surface area contributed by atoms with Gasteiger partial charge in [0, 0.05) is 12.0 Å².